The number of nitrogens with one attached hydrogen (secondary N) is 1. The molecule has 4 heterocycles. The number of carbonyl (C=O) groups excluding carboxylic acids is 4. The minimum atomic E-state index is -0.794. The lowest BCUT2D eigenvalue weighted by Crippen LogP contribution is -2.52. The van der Waals surface area contributed by atoms with Gasteiger partial charge in [-0.1, -0.05) is 24.3 Å². The maximum Gasteiger partial charge on any atom is 0.258 e. The number of halogens is 1. The molecule has 48 heavy (non-hydrogen) atoms. The van der Waals surface area contributed by atoms with Crippen LogP contribution in [0.25, 0.3) is 11.3 Å². The van der Waals surface area contributed by atoms with E-state index in [2.05, 4.69) is 15.1 Å². The quantitative estimate of drug-likeness (QED) is 0.275. The third kappa shape index (κ3) is 6.21. The molecule has 4 amide bonds. The predicted molar refractivity (Wildman–Crippen MR) is 175 cm³/mol. The van der Waals surface area contributed by atoms with E-state index in [1.807, 2.05) is 60.7 Å². The van der Waals surface area contributed by atoms with Crippen LogP contribution in [0.1, 0.15) is 44.7 Å². The zero-order valence-electron chi connectivity index (χ0n) is 26.0. The van der Waals surface area contributed by atoms with Crippen molar-refractivity contribution in [1.29, 1.82) is 0 Å². The maximum atomic E-state index is 15.2. The lowest BCUT2D eigenvalue weighted by Gasteiger charge is -2.35. The SMILES string of the molecule is NC(=O)c1ccc(N2CCN(Cc3cc(F)c4c(c3)CN(C3CCC(=O)NC3=O)C4=O)CC2)nc1-c1ccc(Oc2ccccc2)cc1. The number of piperazine rings is 1. The molecule has 2 fully saturated rings. The number of carbonyl (C=O) groups is 4. The molecule has 2 saturated heterocycles. The number of anilines is 1. The predicted octanol–water partition coefficient (Wildman–Crippen LogP) is 3.86. The highest BCUT2D eigenvalue weighted by atomic mass is 19.1. The van der Waals surface area contributed by atoms with E-state index in [1.165, 1.54) is 11.0 Å². The molecule has 4 aromatic rings. The first-order valence-corrected chi connectivity index (χ1v) is 15.8. The summed E-state index contributed by atoms with van der Waals surface area (Å²) in [4.78, 5) is 59.8. The van der Waals surface area contributed by atoms with Crippen LogP contribution in [0.4, 0.5) is 10.2 Å². The highest BCUT2D eigenvalue weighted by molar-refractivity contribution is 6.05. The van der Waals surface area contributed by atoms with Gasteiger partial charge in [0.05, 0.1) is 16.8 Å². The summed E-state index contributed by atoms with van der Waals surface area (Å²) in [5.41, 5.74) is 8.53. The van der Waals surface area contributed by atoms with Crippen LogP contribution in [0.2, 0.25) is 0 Å². The third-order valence-corrected chi connectivity index (χ3v) is 8.99. The largest absolute Gasteiger partial charge is 0.457 e. The number of imide groups is 1. The van der Waals surface area contributed by atoms with E-state index in [1.54, 1.807) is 12.1 Å². The van der Waals surface area contributed by atoms with E-state index in [4.69, 9.17) is 15.5 Å². The number of primary amides is 1. The Bertz CT molecular complexity index is 1910. The van der Waals surface area contributed by atoms with E-state index in [9.17, 15) is 19.2 Å². The van der Waals surface area contributed by atoms with Crippen LogP contribution in [-0.4, -0.2) is 70.6 Å². The molecule has 12 heteroatoms. The Kier molecular flexibility index (Phi) is 8.32. The highest BCUT2D eigenvalue weighted by Gasteiger charge is 2.40. The lowest BCUT2D eigenvalue weighted by molar-refractivity contribution is -0.136. The Morgan fingerprint density at radius 2 is 1.67 bits per heavy atom. The fourth-order valence-electron chi connectivity index (χ4n) is 6.55. The van der Waals surface area contributed by atoms with Crippen molar-refractivity contribution in [3.63, 3.8) is 0 Å². The van der Waals surface area contributed by atoms with Gasteiger partial charge in [0, 0.05) is 51.3 Å². The maximum absolute atomic E-state index is 15.2. The summed E-state index contributed by atoms with van der Waals surface area (Å²) < 4.78 is 21.2. The van der Waals surface area contributed by atoms with Gasteiger partial charge in [0.15, 0.2) is 0 Å². The second-order valence-corrected chi connectivity index (χ2v) is 12.1. The summed E-state index contributed by atoms with van der Waals surface area (Å²) >= 11 is 0. The van der Waals surface area contributed by atoms with E-state index in [-0.39, 0.29) is 30.9 Å². The molecular weight excluding hydrogens is 615 g/mol. The van der Waals surface area contributed by atoms with Crippen LogP contribution in [0.5, 0.6) is 11.5 Å². The Morgan fingerprint density at radius 3 is 2.38 bits per heavy atom. The zero-order chi connectivity index (χ0) is 33.4. The van der Waals surface area contributed by atoms with Crippen molar-refractivity contribution in [1.82, 2.24) is 20.1 Å². The Labute approximate surface area is 276 Å². The standard InChI is InChI=1S/C36H33FN6O5/c37-28-19-22(18-24-21-43(36(47)32(24)28)29-11-13-31(44)40-35(29)46)20-41-14-16-42(17-15-41)30-12-10-27(34(38)45)33(39-30)23-6-8-26(9-7-23)48-25-4-2-1-3-5-25/h1-10,12,18-19,29H,11,13-17,20-21H2,(H2,38,45)(H,40,44,46). The molecule has 0 radical (unpaired) electrons. The minimum absolute atomic E-state index is 0.00656. The first-order valence-electron chi connectivity index (χ1n) is 15.8. The van der Waals surface area contributed by atoms with E-state index in [0.29, 0.717) is 55.3 Å². The molecule has 0 bridgehead atoms. The second kappa shape index (κ2) is 12.9. The van der Waals surface area contributed by atoms with Gasteiger partial charge in [-0.15, -0.1) is 0 Å². The summed E-state index contributed by atoms with van der Waals surface area (Å²) in [5, 5.41) is 2.27. The highest BCUT2D eigenvalue weighted by Crippen LogP contribution is 2.32. The molecule has 244 valence electrons. The van der Waals surface area contributed by atoms with Crippen molar-refractivity contribution in [2.75, 3.05) is 31.1 Å². The summed E-state index contributed by atoms with van der Waals surface area (Å²) in [5.74, 6) is -0.503. The van der Waals surface area contributed by atoms with E-state index in [0.717, 1.165) is 22.7 Å². The fraction of sp³-hybridized carbons (Fsp3) is 0.250. The molecule has 1 atom stereocenters. The molecule has 3 N–H and O–H groups in total. The molecule has 0 aliphatic carbocycles. The Morgan fingerprint density at radius 1 is 0.938 bits per heavy atom. The molecule has 0 saturated carbocycles. The Balaban J connectivity index is 1.01. The Hall–Kier alpha value is -5.62. The summed E-state index contributed by atoms with van der Waals surface area (Å²) in [6.07, 6.45) is 0.362. The van der Waals surface area contributed by atoms with Gasteiger partial charge >= 0.3 is 0 Å². The molecule has 7 rings (SSSR count). The van der Waals surface area contributed by atoms with Gasteiger partial charge in [-0.3, -0.25) is 29.4 Å². The summed E-state index contributed by atoms with van der Waals surface area (Å²) in [6, 6.07) is 22.7. The van der Waals surface area contributed by atoms with Gasteiger partial charge in [-0.05, 0) is 72.1 Å². The van der Waals surface area contributed by atoms with Crippen molar-refractivity contribution >= 4 is 29.4 Å². The number of ether oxygens (including phenoxy) is 1. The van der Waals surface area contributed by atoms with Crippen LogP contribution < -0.4 is 20.7 Å². The van der Waals surface area contributed by atoms with Crippen molar-refractivity contribution in [3.05, 3.63) is 107 Å². The number of nitrogens with zero attached hydrogens (tertiary/aromatic N) is 4. The van der Waals surface area contributed by atoms with Gasteiger partial charge < -0.3 is 20.3 Å². The van der Waals surface area contributed by atoms with Crippen LogP contribution in [-0.2, 0) is 22.7 Å². The van der Waals surface area contributed by atoms with Crippen molar-refractivity contribution in [2.45, 2.75) is 32.0 Å². The zero-order valence-corrected chi connectivity index (χ0v) is 26.0. The van der Waals surface area contributed by atoms with Crippen LogP contribution in [0.3, 0.4) is 0 Å². The number of hydrogen-bond donors (Lipinski definition) is 2. The first-order chi connectivity index (χ1) is 23.2. The molecule has 1 unspecified atom stereocenters. The number of pyridine rings is 1. The molecule has 3 aliphatic heterocycles. The van der Waals surface area contributed by atoms with E-state index < -0.39 is 29.6 Å². The van der Waals surface area contributed by atoms with Crippen LogP contribution in [0.15, 0.2) is 78.9 Å². The van der Waals surface area contributed by atoms with Crippen LogP contribution in [0, 0.1) is 5.82 Å². The number of para-hydroxylation sites is 1. The number of aromatic nitrogens is 1. The number of piperidine rings is 1. The monoisotopic (exact) mass is 648 g/mol. The van der Waals surface area contributed by atoms with E-state index >= 15 is 4.39 Å². The number of nitrogens with two attached hydrogens (primary N) is 1. The number of rotatable bonds is 8. The van der Waals surface area contributed by atoms with Gasteiger partial charge in [0.2, 0.25) is 11.8 Å². The molecule has 3 aromatic carbocycles. The van der Waals surface area contributed by atoms with Gasteiger partial charge in [-0.2, -0.15) is 0 Å². The van der Waals surface area contributed by atoms with Crippen molar-refractivity contribution < 1.29 is 28.3 Å². The number of benzene rings is 3. The number of hydrogen-bond acceptors (Lipinski definition) is 8. The molecule has 0 spiro atoms. The van der Waals surface area contributed by atoms with Gasteiger partial charge in [-0.25, -0.2) is 9.37 Å². The normalized spacial score (nSPS) is 18.1. The topological polar surface area (TPSA) is 138 Å². The summed E-state index contributed by atoms with van der Waals surface area (Å²) in [7, 11) is 0. The van der Waals surface area contributed by atoms with Gasteiger partial charge in [0.25, 0.3) is 11.8 Å². The fourth-order valence-corrected chi connectivity index (χ4v) is 6.55. The lowest BCUT2D eigenvalue weighted by atomic mass is 10.0. The van der Waals surface area contributed by atoms with Crippen molar-refractivity contribution in [2.24, 2.45) is 5.73 Å². The molecule has 11 nitrogen and oxygen atoms in total. The average molecular weight is 649 g/mol. The smallest absolute Gasteiger partial charge is 0.258 e. The molecule has 1 aromatic heterocycles. The average Bonchev–Trinajstić information content (AvgIpc) is 3.41. The second-order valence-electron chi connectivity index (χ2n) is 12.1. The number of fused-ring (bicyclic) bond motifs is 1. The number of amides is 4. The van der Waals surface area contributed by atoms with Gasteiger partial charge in [0.1, 0.15) is 29.2 Å². The minimum Gasteiger partial charge on any atom is -0.457 e. The van der Waals surface area contributed by atoms with Crippen molar-refractivity contribution in [3.8, 4) is 22.8 Å². The first kappa shape index (κ1) is 31.0. The third-order valence-electron chi connectivity index (χ3n) is 8.99. The molecule has 3 aliphatic rings. The summed E-state index contributed by atoms with van der Waals surface area (Å²) in [6.45, 7) is 3.28. The van der Waals surface area contributed by atoms with Crippen LogP contribution >= 0.6 is 0 Å². The molecular formula is C36H33FN6O5.